The topological polar surface area (TPSA) is 57.4 Å². The largest absolute Gasteiger partial charge is 0.493 e. The van der Waals surface area contributed by atoms with Crippen molar-refractivity contribution in [2.75, 3.05) is 14.2 Å². The van der Waals surface area contributed by atoms with Crippen LogP contribution >= 0.6 is 0 Å². The molecule has 1 aliphatic rings. The third kappa shape index (κ3) is 3.93. The number of methoxy groups -OCH3 is 2. The summed E-state index contributed by atoms with van der Waals surface area (Å²) in [6, 6.07) is 17.2. The van der Waals surface area contributed by atoms with Gasteiger partial charge in [0, 0.05) is 11.6 Å². The first kappa shape index (κ1) is 18.3. The van der Waals surface area contributed by atoms with Crippen LogP contribution in [0, 0.1) is 6.07 Å². The van der Waals surface area contributed by atoms with Crippen molar-refractivity contribution in [3.8, 4) is 22.9 Å². The molecule has 0 N–H and O–H groups in total. The highest BCUT2D eigenvalue weighted by Gasteiger charge is 2.19. The lowest BCUT2D eigenvalue weighted by molar-refractivity contribution is 0.355. The van der Waals surface area contributed by atoms with Crippen molar-refractivity contribution in [2.45, 2.75) is 31.6 Å². The zero-order chi connectivity index (χ0) is 19.3. The molecule has 1 aliphatic carbocycles. The van der Waals surface area contributed by atoms with Crippen LogP contribution in [0.5, 0.6) is 11.5 Å². The van der Waals surface area contributed by atoms with Gasteiger partial charge in [0.05, 0.1) is 14.2 Å². The molecule has 143 valence electrons. The van der Waals surface area contributed by atoms with Crippen molar-refractivity contribution >= 4 is 6.08 Å². The molecule has 5 nitrogen and oxygen atoms in total. The molecule has 1 radical (unpaired) electrons. The summed E-state index contributed by atoms with van der Waals surface area (Å²) in [6.07, 6.45) is 6.37. The summed E-state index contributed by atoms with van der Waals surface area (Å²) >= 11 is 0. The van der Waals surface area contributed by atoms with Gasteiger partial charge in [0.15, 0.2) is 11.5 Å². The van der Waals surface area contributed by atoms with Crippen LogP contribution in [0.2, 0.25) is 0 Å². The summed E-state index contributed by atoms with van der Waals surface area (Å²) in [5.74, 6) is 2.98. The van der Waals surface area contributed by atoms with E-state index in [1.54, 1.807) is 14.2 Å². The maximum absolute atomic E-state index is 5.45. The third-order valence-electron chi connectivity index (χ3n) is 5.21. The fourth-order valence-electron chi connectivity index (χ4n) is 3.67. The van der Waals surface area contributed by atoms with Gasteiger partial charge in [-0.2, -0.15) is 4.98 Å². The van der Waals surface area contributed by atoms with Gasteiger partial charge in [-0.3, -0.25) is 0 Å². The molecule has 1 aromatic heterocycles. The Bertz CT molecular complexity index is 953. The van der Waals surface area contributed by atoms with Gasteiger partial charge in [0.25, 0.3) is 5.89 Å². The Labute approximate surface area is 165 Å². The molecule has 5 heteroatoms. The lowest BCUT2D eigenvalue weighted by atomic mass is 9.81. The number of allylic oxidation sites excluding steroid dienone is 1. The molecule has 0 saturated heterocycles. The number of rotatable bonds is 5. The SMILES string of the molecule is COc1ccc(-c2noc(C=C3CCC(c4[c]cccc4)CC3)n2)cc1OC. The number of benzene rings is 2. The van der Waals surface area contributed by atoms with Crippen molar-refractivity contribution in [1.82, 2.24) is 10.1 Å². The van der Waals surface area contributed by atoms with E-state index in [-0.39, 0.29) is 0 Å². The van der Waals surface area contributed by atoms with Gasteiger partial charge >= 0.3 is 0 Å². The number of hydrogen-bond donors (Lipinski definition) is 0. The summed E-state index contributed by atoms with van der Waals surface area (Å²) in [4.78, 5) is 4.53. The van der Waals surface area contributed by atoms with E-state index < -0.39 is 0 Å². The minimum atomic E-state index is 0.542. The minimum Gasteiger partial charge on any atom is -0.493 e. The summed E-state index contributed by atoms with van der Waals surface area (Å²) in [6.45, 7) is 0. The molecule has 0 unspecified atom stereocenters. The molecule has 3 aromatic rings. The van der Waals surface area contributed by atoms with Crippen molar-refractivity contribution in [3.63, 3.8) is 0 Å². The quantitative estimate of drug-likeness (QED) is 0.606. The van der Waals surface area contributed by atoms with Crippen LogP contribution in [0.15, 0.2) is 52.6 Å². The standard InChI is InChI=1S/C23H23N2O3/c1-26-20-13-12-19(15-21(20)27-2)23-24-22(28-25-23)14-16-8-10-18(11-9-16)17-6-4-3-5-7-17/h3-6,12-15,18H,8-11H2,1-2H3. The molecule has 4 rings (SSSR count). The zero-order valence-electron chi connectivity index (χ0n) is 16.1. The van der Waals surface area contributed by atoms with Crippen LogP contribution in [-0.2, 0) is 0 Å². The predicted molar refractivity (Wildman–Crippen MR) is 107 cm³/mol. The highest BCUT2D eigenvalue weighted by Crippen LogP contribution is 2.36. The molecule has 0 atom stereocenters. The monoisotopic (exact) mass is 375 g/mol. The first-order chi connectivity index (χ1) is 13.8. The maximum Gasteiger partial charge on any atom is 0.250 e. The second-order valence-electron chi connectivity index (χ2n) is 6.92. The lowest BCUT2D eigenvalue weighted by Crippen LogP contribution is -2.06. The van der Waals surface area contributed by atoms with Gasteiger partial charge in [-0.05, 0) is 61.4 Å². The van der Waals surface area contributed by atoms with Crippen molar-refractivity contribution < 1.29 is 14.0 Å². The van der Waals surface area contributed by atoms with E-state index in [1.807, 2.05) is 36.4 Å². The molecule has 1 saturated carbocycles. The number of aromatic nitrogens is 2. The first-order valence-electron chi connectivity index (χ1n) is 9.49. The van der Waals surface area contributed by atoms with Gasteiger partial charge in [-0.15, -0.1) is 0 Å². The van der Waals surface area contributed by atoms with E-state index in [0.717, 1.165) is 31.2 Å². The Morgan fingerprint density at radius 1 is 1.07 bits per heavy atom. The highest BCUT2D eigenvalue weighted by molar-refractivity contribution is 5.61. The van der Waals surface area contributed by atoms with E-state index in [9.17, 15) is 0 Å². The van der Waals surface area contributed by atoms with Gasteiger partial charge < -0.3 is 14.0 Å². The summed E-state index contributed by atoms with van der Waals surface area (Å²) in [5, 5.41) is 4.11. The van der Waals surface area contributed by atoms with Crippen molar-refractivity contribution in [2.24, 2.45) is 0 Å². The van der Waals surface area contributed by atoms with E-state index in [2.05, 4.69) is 28.3 Å². The summed E-state index contributed by atoms with van der Waals surface area (Å²) < 4.78 is 16.1. The number of nitrogens with zero attached hydrogens (tertiary/aromatic N) is 2. The molecule has 1 heterocycles. The average molecular weight is 375 g/mol. The molecule has 0 amide bonds. The average Bonchev–Trinajstić information content (AvgIpc) is 3.23. The number of ether oxygens (including phenoxy) is 2. The van der Waals surface area contributed by atoms with Crippen LogP contribution in [0.4, 0.5) is 0 Å². The van der Waals surface area contributed by atoms with Crippen molar-refractivity contribution in [3.05, 3.63) is 65.6 Å². The molecule has 28 heavy (non-hydrogen) atoms. The number of hydrogen-bond acceptors (Lipinski definition) is 5. The normalized spacial score (nSPS) is 16.6. The fourth-order valence-corrected chi connectivity index (χ4v) is 3.67. The Hall–Kier alpha value is -3.08. The van der Waals surface area contributed by atoms with Gasteiger partial charge in [-0.1, -0.05) is 35.0 Å². The molecule has 0 bridgehead atoms. The van der Waals surface area contributed by atoms with Gasteiger partial charge in [0.2, 0.25) is 5.82 Å². The van der Waals surface area contributed by atoms with Crippen LogP contribution in [0.25, 0.3) is 17.5 Å². The van der Waals surface area contributed by atoms with E-state index in [0.29, 0.717) is 29.1 Å². The Kier molecular flexibility index (Phi) is 5.42. The first-order valence-corrected chi connectivity index (χ1v) is 9.49. The molecular formula is C23H23N2O3. The Morgan fingerprint density at radius 2 is 1.89 bits per heavy atom. The molecule has 0 spiro atoms. The predicted octanol–water partition coefficient (Wildman–Crippen LogP) is 5.30. The van der Waals surface area contributed by atoms with Crippen LogP contribution < -0.4 is 9.47 Å². The summed E-state index contributed by atoms with van der Waals surface area (Å²) in [7, 11) is 3.22. The minimum absolute atomic E-state index is 0.542. The zero-order valence-corrected chi connectivity index (χ0v) is 16.1. The molecular weight excluding hydrogens is 352 g/mol. The van der Waals surface area contributed by atoms with E-state index in [4.69, 9.17) is 14.0 Å². The Balaban J connectivity index is 1.45. The van der Waals surface area contributed by atoms with Crippen LogP contribution in [-0.4, -0.2) is 24.4 Å². The Morgan fingerprint density at radius 3 is 2.61 bits per heavy atom. The van der Waals surface area contributed by atoms with Crippen LogP contribution in [0.3, 0.4) is 0 Å². The smallest absolute Gasteiger partial charge is 0.250 e. The highest BCUT2D eigenvalue weighted by atomic mass is 16.5. The second-order valence-corrected chi connectivity index (χ2v) is 6.92. The maximum atomic E-state index is 5.45. The van der Waals surface area contributed by atoms with E-state index in [1.165, 1.54) is 11.1 Å². The van der Waals surface area contributed by atoms with E-state index >= 15 is 0 Å². The second kappa shape index (κ2) is 8.30. The fraction of sp³-hybridized carbons (Fsp3) is 0.304. The molecule has 2 aromatic carbocycles. The van der Waals surface area contributed by atoms with Crippen LogP contribution in [0.1, 0.15) is 43.1 Å². The molecule has 0 aliphatic heterocycles. The third-order valence-corrected chi connectivity index (χ3v) is 5.21. The summed E-state index contributed by atoms with van der Waals surface area (Å²) in [5.41, 5.74) is 3.50. The lowest BCUT2D eigenvalue weighted by Gasteiger charge is -2.23. The molecule has 1 fully saturated rings. The van der Waals surface area contributed by atoms with Crippen molar-refractivity contribution in [1.29, 1.82) is 0 Å². The van der Waals surface area contributed by atoms with Gasteiger partial charge in [-0.25, -0.2) is 0 Å². The van der Waals surface area contributed by atoms with Gasteiger partial charge in [0.1, 0.15) is 0 Å².